The minimum Gasteiger partial charge on any atom is -0.488 e. The summed E-state index contributed by atoms with van der Waals surface area (Å²) in [6, 6.07) is 4.79. The first kappa shape index (κ1) is 20.2. The zero-order chi connectivity index (χ0) is 19.2. The third kappa shape index (κ3) is 5.71. The Labute approximate surface area is 155 Å². The highest BCUT2D eigenvalue weighted by atomic mass is 19.1. The first-order valence-corrected chi connectivity index (χ1v) is 9.25. The minimum absolute atomic E-state index is 0.145. The van der Waals surface area contributed by atoms with Gasteiger partial charge in [0.15, 0.2) is 17.5 Å². The molecule has 0 heterocycles. The van der Waals surface area contributed by atoms with Gasteiger partial charge in [-0.15, -0.1) is 0 Å². The molecule has 1 fully saturated rings. The first-order chi connectivity index (χ1) is 12.3. The average molecular weight is 363 g/mol. The van der Waals surface area contributed by atoms with E-state index in [2.05, 4.69) is 4.99 Å². The average Bonchev–Trinajstić information content (AvgIpc) is 2.62. The molecule has 1 amide bonds. The van der Waals surface area contributed by atoms with Gasteiger partial charge in [0.05, 0.1) is 5.54 Å². The van der Waals surface area contributed by atoms with Gasteiger partial charge in [-0.3, -0.25) is 9.69 Å². The minimum atomic E-state index is -0.625. The van der Waals surface area contributed by atoms with Crippen LogP contribution in [0.25, 0.3) is 0 Å². The van der Waals surface area contributed by atoms with Crippen molar-refractivity contribution in [3.8, 4) is 5.75 Å². The molecule has 1 unspecified atom stereocenters. The van der Waals surface area contributed by atoms with Crippen LogP contribution in [0.5, 0.6) is 5.75 Å². The van der Waals surface area contributed by atoms with E-state index < -0.39 is 11.4 Å². The van der Waals surface area contributed by atoms with E-state index in [1.165, 1.54) is 30.2 Å². The monoisotopic (exact) mass is 363 g/mol. The van der Waals surface area contributed by atoms with E-state index in [9.17, 15) is 9.18 Å². The van der Waals surface area contributed by atoms with Crippen LogP contribution in [-0.2, 0) is 4.79 Å². The van der Waals surface area contributed by atoms with Crippen LogP contribution in [0.4, 0.5) is 4.39 Å². The van der Waals surface area contributed by atoms with Crippen molar-refractivity contribution in [1.82, 2.24) is 4.90 Å². The van der Waals surface area contributed by atoms with Crippen LogP contribution in [0.2, 0.25) is 0 Å². The number of hydrogen-bond donors (Lipinski definition) is 1. The summed E-state index contributed by atoms with van der Waals surface area (Å²) in [5.74, 6) is 0.513. The van der Waals surface area contributed by atoms with Crippen molar-refractivity contribution >= 4 is 12.4 Å². The maximum Gasteiger partial charge on any atom is 0.216 e. The summed E-state index contributed by atoms with van der Waals surface area (Å²) < 4.78 is 19.8. The summed E-state index contributed by atoms with van der Waals surface area (Å²) in [6.07, 6.45) is 7.47. The van der Waals surface area contributed by atoms with E-state index in [4.69, 9.17) is 10.5 Å². The van der Waals surface area contributed by atoms with Crippen molar-refractivity contribution in [3.05, 3.63) is 29.6 Å². The standard InChI is InChI=1S/C20H30FN3O2/c1-15-9-10-17(21)18(11-15)26-13-20(2,23-19(22)24(3)14-25)12-16-7-5-4-6-8-16/h9-11,14,16H,4-8,12-13H2,1-3H3,(H2,22,23). The van der Waals surface area contributed by atoms with E-state index >= 15 is 0 Å². The number of aliphatic imine (C=N–C) groups is 1. The van der Waals surface area contributed by atoms with Crippen LogP contribution < -0.4 is 10.5 Å². The highest BCUT2D eigenvalue weighted by Crippen LogP contribution is 2.33. The molecule has 0 saturated heterocycles. The molecule has 5 nitrogen and oxygen atoms in total. The molecule has 0 aromatic heterocycles. The molecule has 144 valence electrons. The number of halogens is 1. The molecule has 0 radical (unpaired) electrons. The molecule has 6 heteroatoms. The van der Waals surface area contributed by atoms with Crippen molar-refractivity contribution in [2.45, 2.75) is 57.9 Å². The maximum atomic E-state index is 14.0. The number of ether oxygens (including phenoxy) is 1. The zero-order valence-electron chi connectivity index (χ0n) is 16.0. The van der Waals surface area contributed by atoms with Gasteiger partial charge in [0, 0.05) is 7.05 Å². The number of aryl methyl sites for hydroxylation is 1. The number of carbonyl (C=O) groups is 1. The molecular weight excluding hydrogens is 333 g/mol. The Morgan fingerprint density at radius 1 is 1.42 bits per heavy atom. The Morgan fingerprint density at radius 3 is 2.77 bits per heavy atom. The van der Waals surface area contributed by atoms with Crippen LogP contribution in [0.15, 0.2) is 23.2 Å². The molecule has 0 spiro atoms. The third-order valence-electron chi connectivity index (χ3n) is 4.98. The van der Waals surface area contributed by atoms with Crippen LogP contribution in [0.3, 0.4) is 0 Å². The van der Waals surface area contributed by atoms with Crippen molar-refractivity contribution in [2.24, 2.45) is 16.6 Å². The number of rotatable bonds is 7. The SMILES string of the molecule is Cc1ccc(F)c(OCC(C)(CC2CCCCC2)N=C(N)N(C)C=O)c1. The van der Waals surface area contributed by atoms with Crippen molar-refractivity contribution in [3.63, 3.8) is 0 Å². The Kier molecular flexibility index (Phi) is 7.00. The maximum absolute atomic E-state index is 14.0. The third-order valence-corrected chi connectivity index (χ3v) is 4.98. The summed E-state index contributed by atoms with van der Waals surface area (Å²) in [5, 5.41) is 0. The van der Waals surface area contributed by atoms with Crippen LogP contribution in [0, 0.1) is 18.7 Å². The number of guanidine groups is 1. The van der Waals surface area contributed by atoms with Gasteiger partial charge in [-0.05, 0) is 43.9 Å². The topological polar surface area (TPSA) is 67.9 Å². The van der Waals surface area contributed by atoms with E-state index in [1.807, 2.05) is 13.8 Å². The smallest absolute Gasteiger partial charge is 0.216 e. The van der Waals surface area contributed by atoms with Gasteiger partial charge >= 0.3 is 0 Å². The lowest BCUT2D eigenvalue weighted by molar-refractivity contribution is -0.114. The second-order valence-corrected chi connectivity index (χ2v) is 7.61. The fraction of sp³-hybridized carbons (Fsp3) is 0.600. The Morgan fingerprint density at radius 2 is 2.12 bits per heavy atom. The van der Waals surface area contributed by atoms with Gasteiger partial charge < -0.3 is 10.5 Å². The normalized spacial score (nSPS) is 18.2. The largest absolute Gasteiger partial charge is 0.488 e. The van der Waals surface area contributed by atoms with Crippen molar-refractivity contribution in [2.75, 3.05) is 13.7 Å². The number of nitrogens with zero attached hydrogens (tertiary/aromatic N) is 2. The van der Waals surface area contributed by atoms with Crippen LogP contribution in [0.1, 0.15) is 51.0 Å². The summed E-state index contributed by atoms with van der Waals surface area (Å²) in [5.41, 5.74) is 6.26. The molecule has 26 heavy (non-hydrogen) atoms. The number of benzene rings is 1. The number of amides is 1. The lowest BCUT2D eigenvalue weighted by Gasteiger charge is -2.32. The lowest BCUT2D eigenvalue weighted by Crippen LogP contribution is -2.41. The van der Waals surface area contributed by atoms with E-state index in [-0.39, 0.29) is 18.3 Å². The molecule has 1 aromatic carbocycles. The number of nitrogens with two attached hydrogens (primary N) is 1. The number of carbonyl (C=O) groups excluding carboxylic acids is 1. The molecule has 2 N–H and O–H groups in total. The zero-order valence-corrected chi connectivity index (χ0v) is 16.0. The molecule has 1 aromatic rings. The van der Waals surface area contributed by atoms with Crippen molar-refractivity contribution < 1.29 is 13.9 Å². The highest BCUT2D eigenvalue weighted by Gasteiger charge is 2.31. The van der Waals surface area contributed by atoms with Crippen molar-refractivity contribution in [1.29, 1.82) is 0 Å². The Hall–Kier alpha value is -2.11. The van der Waals surface area contributed by atoms with Crippen LogP contribution >= 0.6 is 0 Å². The fourth-order valence-corrected chi connectivity index (χ4v) is 3.51. The molecule has 1 atom stereocenters. The molecule has 2 rings (SSSR count). The van der Waals surface area contributed by atoms with E-state index in [1.54, 1.807) is 19.2 Å². The second-order valence-electron chi connectivity index (χ2n) is 7.61. The van der Waals surface area contributed by atoms with Gasteiger partial charge in [-0.1, -0.05) is 38.2 Å². The van der Waals surface area contributed by atoms with E-state index in [0.29, 0.717) is 12.3 Å². The lowest BCUT2D eigenvalue weighted by atomic mass is 9.80. The second kappa shape index (κ2) is 9.01. The fourth-order valence-electron chi connectivity index (χ4n) is 3.51. The Bertz CT molecular complexity index is 644. The van der Waals surface area contributed by atoms with Gasteiger partial charge in [-0.25, -0.2) is 9.38 Å². The van der Waals surface area contributed by atoms with Gasteiger partial charge in [0.1, 0.15) is 6.61 Å². The van der Waals surface area contributed by atoms with Crippen LogP contribution in [-0.4, -0.2) is 36.5 Å². The summed E-state index contributed by atoms with van der Waals surface area (Å²) in [7, 11) is 1.56. The van der Waals surface area contributed by atoms with Gasteiger partial charge in [0.25, 0.3) is 0 Å². The van der Waals surface area contributed by atoms with Gasteiger partial charge in [0.2, 0.25) is 6.41 Å². The van der Waals surface area contributed by atoms with Gasteiger partial charge in [-0.2, -0.15) is 0 Å². The number of hydrogen-bond acceptors (Lipinski definition) is 3. The molecule has 1 saturated carbocycles. The predicted molar refractivity (Wildman–Crippen MR) is 102 cm³/mol. The van der Waals surface area contributed by atoms with E-state index in [0.717, 1.165) is 24.8 Å². The summed E-state index contributed by atoms with van der Waals surface area (Å²) in [4.78, 5) is 16.8. The quantitative estimate of drug-likeness (QED) is 0.457. The molecule has 1 aliphatic carbocycles. The molecule has 0 bridgehead atoms. The molecular formula is C20H30FN3O2. The first-order valence-electron chi connectivity index (χ1n) is 9.25. The Balaban J connectivity index is 2.18. The molecule has 0 aliphatic heterocycles. The predicted octanol–water partition coefficient (Wildman–Crippen LogP) is 3.64. The molecule has 1 aliphatic rings. The highest BCUT2D eigenvalue weighted by molar-refractivity contribution is 5.87. The summed E-state index contributed by atoms with van der Waals surface area (Å²) >= 11 is 0. The summed E-state index contributed by atoms with van der Waals surface area (Å²) in [6.45, 7) is 4.06.